The van der Waals surface area contributed by atoms with Crippen molar-refractivity contribution in [1.82, 2.24) is 4.31 Å². The number of benzene rings is 2. The van der Waals surface area contributed by atoms with Crippen molar-refractivity contribution < 1.29 is 22.7 Å². The van der Waals surface area contributed by atoms with E-state index in [0.717, 1.165) is 12.8 Å². The minimum absolute atomic E-state index is 0.240. The number of hydrogen-bond donors (Lipinski definition) is 1. The van der Waals surface area contributed by atoms with Crippen molar-refractivity contribution in [3.63, 3.8) is 0 Å². The average Bonchev–Trinajstić information content (AvgIpc) is 2.74. The van der Waals surface area contributed by atoms with Crippen molar-refractivity contribution in [3.05, 3.63) is 48.0 Å². The number of nitrogens with one attached hydrogen (secondary N) is 1. The van der Waals surface area contributed by atoms with E-state index >= 15 is 0 Å². The van der Waals surface area contributed by atoms with Crippen LogP contribution in [0.3, 0.4) is 0 Å². The summed E-state index contributed by atoms with van der Waals surface area (Å²) in [6.45, 7) is 4.18. The fourth-order valence-corrected chi connectivity index (χ4v) is 4.94. The smallest absolute Gasteiger partial charge is 0.255 e. The Labute approximate surface area is 170 Å². The number of rotatable bonds is 4. The lowest BCUT2D eigenvalue weighted by Crippen LogP contribution is -2.37. The first-order valence-electron chi connectivity index (χ1n) is 9.75. The van der Waals surface area contributed by atoms with Crippen LogP contribution in [-0.2, 0) is 10.0 Å². The quantitative estimate of drug-likeness (QED) is 0.828. The molecule has 154 valence electrons. The van der Waals surface area contributed by atoms with Gasteiger partial charge in [-0.2, -0.15) is 4.31 Å². The molecule has 7 nitrogen and oxygen atoms in total. The SMILES string of the molecule is CC1CCN(S(=O)(=O)c2ccc(NC(=O)c3ccc4c(c3)OCCO4)cc2)CC1. The van der Waals surface area contributed by atoms with E-state index in [1.807, 2.05) is 0 Å². The number of amides is 1. The Morgan fingerprint density at radius 1 is 1.00 bits per heavy atom. The molecule has 8 heteroatoms. The van der Waals surface area contributed by atoms with Crippen LogP contribution in [0.5, 0.6) is 11.5 Å². The van der Waals surface area contributed by atoms with Gasteiger partial charge >= 0.3 is 0 Å². The number of anilines is 1. The minimum atomic E-state index is -3.50. The third kappa shape index (κ3) is 4.23. The van der Waals surface area contributed by atoms with E-state index in [0.29, 0.717) is 55.0 Å². The molecule has 0 radical (unpaired) electrons. The summed E-state index contributed by atoms with van der Waals surface area (Å²) in [6, 6.07) is 11.3. The molecule has 1 amide bonds. The largest absolute Gasteiger partial charge is 0.486 e. The van der Waals surface area contributed by atoms with E-state index in [9.17, 15) is 13.2 Å². The normalized spacial score (nSPS) is 17.7. The first-order chi connectivity index (χ1) is 13.9. The topological polar surface area (TPSA) is 84.9 Å². The summed E-state index contributed by atoms with van der Waals surface area (Å²) in [7, 11) is -3.50. The number of fused-ring (bicyclic) bond motifs is 1. The maximum absolute atomic E-state index is 12.8. The van der Waals surface area contributed by atoms with Crippen molar-refractivity contribution in [2.45, 2.75) is 24.7 Å². The highest BCUT2D eigenvalue weighted by Crippen LogP contribution is 2.31. The van der Waals surface area contributed by atoms with Crippen molar-refractivity contribution >= 4 is 21.6 Å². The van der Waals surface area contributed by atoms with Gasteiger partial charge < -0.3 is 14.8 Å². The van der Waals surface area contributed by atoms with Gasteiger partial charge in [-0.3, -0.25) is 4.79 Å². The van der Waals surface area contributed by atoms with Crippen LogP contribution in [0.2, 0.25) is 0 Å². The first kappa shape index (κ1) is 19.7. The Bertz CT molecular complexity index is 996. The molecule has 1 fully saturated rings. The zero-order valence-electron chi connectivity index (χ0n) is 16.3. The van der Waals surface area contributed by atoms with Gasteiger partial charge in [-0.15, -0.1) is 0 Å². The number of piperidine rings is 1. The molecule has 0 spiro atoms. The number of carbonyl (C=O) groups excluding carboxylic acids is 1. The second-order valence-corrected chi connectivity index (χ2v) is 9.36. The molecular formula is C21H24N2O5S. The lowest BCUT2D eigenvalue weighted by atomic mass is 10.0. The molecule has 0 bridgehead atoms. The molecule has 1 saturated heterocycles. The van der Waals surface area contributed by atoms with Gasteiger partial charge in [-0.25, -0.2) is 8.42 Å². The van der Waals surface area contributed by atoms with Gasteiger partial charge in [0.15, 0.2) is 11.5 Å². The highest BCUT2D eigenvalue weighted by Gasteiger charge is 2.28. The highest BCUT2D eigenvalue weighted by molar-refractivity contribution is 7.89. The lowest BCUT2D eigenvalue weighted by Gasteiger charge is -2.29. The molecule has 2 aliphatic heterocycles. The summed E-state index contributed by atoms with van der Waals surface area (Å²) < 4.78 is 38.1. The summed E-state index contributed by atoms with van der Waals surface area (Å²) in [6.07, 6.45) is 1.76. The molecule has 4 rings (SSSR count). The van der Waals surface area contributed by atoms with Gasteiger partial charge in [-0.1, -0.05) is 6.92 Å². The van der Waals surface area contributed by atoms with Crippen LogP contribution < -0.4 is 14.8 Å². The standard InChI is InChI=1S/C21H24N2O5S/c1-15-8-10-23(11-9-15)29(25,26)18-5-3-17(4-6-18)22-21(24)16-2-7-19-20(14-16)28-13-12-27-19/h2-7,14-15H,8-13H2,1H3,(H,22,24). The summed E-state index contributed by atoms with van der Waals surface area (Å²) in [5.74, 6) is 1.41. The summed E-state index contributed by atoms with van der Waals surface area (Å²) in [5, 5.41) is 2.79. The van der Waals surface area contributed by atoms with Crippen LogP contribution in [0.4, 0.5) is 5.69 Å². The molecule has 1 N–H and O–H groups in total. The zero-order chi connectivity index (χ0) is 20.4. The Hall–Kier alpha value is -2.58. The molecule has 29 heavy (non-hydrogen) atoms. The highest BCUT2D eigenvalue weighted by atomic mass is 32.2. The van der Waals surface area contributed by atoms with E-state index in [-0.39, 0.29) is 10.8 Å². The number of carbonyl (C=O) groups is 1. The molecule has 2 heterocycles. The molecule has 0 aromatic heterocycles. The second-order valence-electron chi connectivity index (χ2n) is 7.42. The van der Waals surface area contributed by atoms with E-state index in [1.165, 1.54) is 16.4 Å². The van der Waals surface area contributed by atoms with Gasteiger partial charge in [-0.05, 0) is 61.2 Å². The molecule has 2 aromatic carbocycles. The molecular weight excluding hydrogens is 392 g/mol. The van der Waals surface area contributed by atoms with E-state index in [4.69, 9.17) is 9.47 Å². The Morgan fingerprint density at radius 2 is 1.66 bits per heavy atom. The molecule has 0 saturated carbocycles. The van der Waals surface area contributed by atoms with Crippen molar-refractivity contribution in [2.24, 2.45) is 5.92 Å². The summed E-state index contributed by atoms with van der Waals surface area (Å²) >= 11 is 0. The number of nitrogens with zero attached hydrogens (tertiary/aromatic N) is 1. The van der Waals surface area contributed by atoms with Crippen LogP contribution in [-0.4, -0.2) is 44.9 Å². The van der Waals surface area contributed by atoms with Crippen molar-refractivity contribution in [1.29, 1.82) is 0 Å². The predicted octanol–water partition coefficient (Wildman–Crippen LogP) is 3.13. The van der Waals surface area contributed by atoms with Gasteiger partial charge in [0.25, 0.3) is 5.91 Å². The molecule has 0 aliphatic carbocycles. The second kappa shape index (κ2) is 8.04. The number of hydrogen-bond acceptors (Lipinski definition) is 5. The minimum Gasteiger partial charge on any atom is -0.486 e. The fourth-order valence-electron chi connectivity index (χ4n) is 3.47. The first-order valence-corrected chi connectivity index (χ1v) is 11.2. The Kier molecular flexibility index (Phi) is 5.47. The zero-order valence-corrected chi connectivity index (χ0v) is 17.1. The lowest BCUT2D eigenvalue weighted by molar-refractivity contribution is 0.102. The van der Waals surface area contributed by atoms with Crippen molar-refractivity contribution in [2.75, 3.05) is 31.6 Å². The number of sulfonamides is 1. The van der Waals surface area contributed by atoms with Gasteiger partial charge in [0, 0.05) is 24.3 Å². The molecule has 0 atom stereocenters. The van der Waals surface area contributed by atoms with Crippen LogP contribution in [0.15, 0.2) is 47.4 Å². The molecule has 0 unspecified atom stereocenters. The molecule has 2 aliphatic rings. The number of ether oxygens (including phenoxy) is 2. The van der Waals surface area contributed by atoms with Gasteiger partial charge in [0.1, 0.15) is 13.2 Å². The third-order valence-corrected chi connectivity index (χ3v) is 7.21. The van der Waals surface area contributed by atoms with E-state index < -0.39 is 10.0 Å². The van der Waals surface area contributed by atoms with Gasteiger partial charge in [0.2, 0.25) is 10.0 Å². The third-order valence-electron chi connectivity index (χ3n) is 5.30. The maximum Gasteiger partial charge on any atom is 0.255 e. The summed E-state index contributed by atoms with van der Waals surface area (Å²) in [5.41, 5.74) is 0.962. The predicted molar refractivity (Wildman–Crippen MR) is 109 cm³/mol. The summed E-state index contributed by atoms with van der Waals surface area (Å²) in [4.78, 5) is 12.8. The fraction of sp³-hybridized carbons (Fsp3) is 0.381. The van der Waals surface area contributed by atoms with Crippen LogP contribution in [0.25, 0.3) is 0 Å². The van der Waals surface area contributed by atoms with Gasteiger partial charge in [0.05, 0.1) is 4.90 Å². The van der Waals surface area contributed by atoms with Crippen LogP contribution in [0, 0.1) is 5.92 Å². The van der Waals surface area contributed by atoms with Crippen LogP contribution >= 0.6 is 0 Å². The Morgan fingerprint density at radius 3 is 2.34 bits per heavy atom. The van der Waals surface area contributed by atoms with E-state index in [1.54, 1.807) is 30.3 Å². The van der Waals surface area contributed by atoms with Crippen LogP contribution in [0.1, 0.15) is 30.1 Å². The monoisotopic (exact) mass is 416 g/mol. The van der Waals surface area contributed by atoms with E-state index in [2.05, 4.69) is 12.2 Å². The molecule has 2 aromatic rings. The average molecular weight is 416 g/mol. The van der Waals surface area contributed by atoms with Crippen molar-refractivity contribution in [3.8, 4) is 11.5 Å². The maximum atomic E-state index is 12.8. The Balaban J connectivity index is 1.45.